The molecule has 0 bridgehead atoms. The van der Waals surface area contributed by atoms with E-state index in [1.54, 1.807) is 60.7 Å². The molecule has 1 aromatic heterocycles. The van der Waals surface area contributed by atoms with Gasteiger partial charge in [0, 0.05) is 22.0 Å². The molecule has 1 saturated heterocycles. The van der Waals surface area contributed by atoms with Gasteiger partial charge in [-0.2, -0.15) is 0 Å². The molecule has 4 aromatic rings. The largest absolute Gasteiger partial charge is 0.483 e. The monoisotopic (exact) mass is 611 g/mol. The molecule has 2 unspecified atom stereocenters. The van der Waals surface area contributed by atoms with E-state index in [1.807, 2.05) is 6.07 Å². The van der Waals surface area contributed by atoms with Crippen molar-refractivity contribution in [3.05, 3.63) is 103 Å². The summed E-state index contributed by atoms with van der Waals surface area (Å²) in [6, 6.07) is 20.5. The summed E-state index contributed by atoms with van der Waals surface area (Å²) in [4.78, 5) is 56.9. The van der Waals surface area contributed by atoms with Gasteiger partial charge in [0.05, 0.1) is 26.7 Å². The van der Waals surface area contributed by atoms with Crippen molar-refractivity contribution in [2.45, 2.75) is 16.2 Å². The number of anilines is 2. The van der Waals surface area contributed by atoms with Crippen LogP contribution in [-0.2, 0) is 14.4 Å². The zero-order chi connectivity index (χ0) is 28.0. The molecule has 6 rings (SSSR count). The number of fused-ring (bicyclic) bond motifs is 2. The van der Waals surface area contributed by atoms with Crippen LogP contribution < -0.4 is 19.8 Å². The number of H-pyrrole nitrogens is 1. The second kappa shape index (κ2) is 10.8. The van der Waals surface area contributed by atoms with Gasteiger partial charge in [0.15, 0.2) is 6.61 Å². The minimum atomic E-state index is -0.772. The number of nitrogens with zero attached hydrogens (tertiary/aromatic N) is 1. The number of hydrogen-bond acceptors (Lipinski definition) is 7. The fraction of sp³-hybridized carbons (Fsp3) is 0.143. The van der Waals surface area contributed by atoms with Crippen LogP contribution in [0, 0.1) is 5.92 Å². The van der Waals surface area contributed by atoms with Gasteiger partial charge >= 0.3 is 4.87 Å². The molecule has 3 aromatic carbocycles. The Balaban J connectivity index is 1.32. The van der Waals surface area contributed by atoms with Crippen LogP contribution in [0.3, 0.4) is 0 Å². The quantitative estimate of drug-likeness (QED) is 0.276. The maximum Gasteiger partial charge on any atom is 0.305 e. The molecule has 3 atom stereocenters. The maximum atomic E-state index is 13.9. The second-order valence-electron chi connectivity index (χ2n) is 9.10. The molecule has 40 heavy (non-hydrogen) atoms. The summed E-state index contributed by atoms with van der Waals surface area (Å²) < 4.78 is 5.95. The van der Waals surface area contributed by atoms with Crippen molar-refractivity contribution in [2.75, 3.05) is 16.8 Å². The maximum absolute atomic E-state index is 13.9. The zero-order valence-corrected chi connectivity index (χ0v) is 23.6. The Bertz CT molecular complexity index is 1710. The number of amides is 3. The van der Waals surface area contributed by atoms with Crippen LogP contribution in [-0.4, -0.2) is 34.6 Å². The molecule has 3 amide bonds. The SMILES string of the molecule is O=C(COc1ccccc1[C@H]1c2sc(=O)[nH]c2SC2C(=O)N(c3ccccc3)C(=O)C21)Nc1ccc(Cl)c(Cl)c1. The fourth-order valence-corrected chi connectivity index (χ4v) is 7.77. The Kier molecular flexibility index (Phi) is 7.18. The second-order valence-corrected chi connectivity index (χ2v) is 12.1. The number of halogens is 2. The molecule has 2 aliphatic rings. The van der Waals surface area contributed by atoms with E-state index in [-0.39, 0.29) is 23.3 Å². The van der Waals surface area contributed by atoms with Gasteiger partial charge in [-0.25, -0.2) is 4.90 Å². The predicted molar refractivity (Wildman–Crippen MR) is 156 cm³/mol. The number of para-hydroxylation sites is 2. The summed E-state index contributed by atoms with van der Waals surface area (Å²) in [7, 11) is 0. The van der Waals surface area contributed by atoms with E-state index in [0.29, 0.717) is 42.6 Å². The van der Waals surface area contributed by atoms with Crippen molar-refractivity contribution >= 4 is 75.4 Å². The van der Waals surface area contributed by atoms with E-state index in [0.717, 1.165) is 11.3 Å². The van der Waals surface area contributed by atoms with Crippen molar-refractivity contribution in [1.29, 1.82) is 0 Å². The lowest BCUT2D eigenvalue weighted by Gasteiger charge is -2.30. The van der Waals surface area contributed by atoms with Crippen molar-refractivity contribution in [2.24, 2.45) is 5.92 Å². The Hall–Kier alpha value is -3.57. The normalized spacial score (nSPS) is 19.8. The van der Waals surface area contributed by atoms with E-state index in [1.165, 1.54) is 22.7 Å². The molecule has 12 heteroatoms. The van der Waals surface area contributed by atoms with Crippen LogP contribution in [0.5, 0.6) is 5.75 Å². The minimum Gasteiger partial charge on any atom is -0.483 e. The number of nitrogens with one attached hydrogen (secondary N) is 2. The van der Waals surface area contributed by atoms with Crippen molar-refractivity contribution < 1.29 is 19.1 Å². The molecular weight excluding hydrogens is 593 g/mol. The molecule has 8 nitrogen and oxygen atoms in total. The molecule has 2 N–H and O–H groups in total. The first kappa shape index (κ1) is 26.6. The molecule has 202 valence electrons. The highest BCUT2D eigenvalue weighted by Crippen LogP contribution is 2.54. The van der Waals surface area contributed by atoms with Gasteiger partial charge in [-0.3, -0.25) is 19.2 Å². The van der Waals surface area contributed by atoms with Gasteiger partial charge in [-0.1, -0.05) is 82.7 Å². The van der Waals surface area contributed by atoms with Crippen LogP contribution in [0.2, 0.25) is 10.0 Å². The summed E-state index contributed by atoms with van der Waals surface area (Å²) in [5.74, 6) is -2.16. The lowest BCUT2D eigenvalue weighted by Crippen LogP contribution is -2.32. The van der Waals surface area contributed by atoms with Crippen molar-refractivity contribution in [1.82, 2.24) is 4.98 Å². The molecule has 2 aliphatic heterocycles. The number of ether oxygens (including phenoxy) is 1. The number of aromatic amines is 1. The van der Waals surface area contributed by atoms with Gasteiger partial charge in [0.1, 0.15) is 11.0 Å². The van der Waals surface area contributed by atoms with Crippen molar-refractivity contribution in [3.8, 4) is 5.75 Å². The Morgan fingerprint density at radius 3 is 2.48 bits per heavy atom. The lowest BCUT2D eigenvalue weighted by atomic mass is 9.82. The Morgan fingerprint density at radius 2 is 1.70 bits per heavy atom. The molecule has 0 radical (unpaired) electrons. The summed E-state index contributed by atoms with van der Waals surface area (Å²) >= 11 is 14.2. The molecular formula is C28H19Cl2N3O5S2. The highest BCUT2D eigenvalue weighted by Gasteiger charge is 2.56. The molecule has 0 spiro atoms. The highest BCUT2D eigenvalue weighted by atomic mass is 35.5. The molecule has 3 heterocycles. The van der Waals surface area contributed by atoms with Crippen LogP contribution >= 0.6 is 46.3 Å². The third-order valence-electron chi connectivity index (χ3n) is 6.65. The van der Waals surface area contributed by atoms with Crippen LogP contribution in [0.15, 0.2) is 82.6 Å². The summed E-state index contributed by atoms with van der Waals surface area (Å²) in [5, 5.41) is 3.21. The average molecular weight is 613 g/mol. The topological polar surface area (TPSA) is 109 Å². The summed E-state index contributed by atoms with van der Waals surface area (Å²) in [5.41, 5.74) is 1.56. The van der Waals surface area contributed by atoms with E-state index in [2.05, 4.69) is 10.3 Å². The van der Waals surface area contributed by atoms with E-state index in [9.17, 15) is 19.2 Å². The van der Waals surface area contributed by atoms with Gasteiger partial charge < -0.3 is 15.0 Å². The van der Waals surface area contributed by atoms with Gasteiger partial charge in [-0.05, 0) is 36.4 Å². The van der Waals surface area contributed by atoms with E-state index >= 15 is 0 Å². The number of carbonyl (C=O) groups excluding carboxylic acids is 3. The molecule has 1 fully saturated rings. The number of thioether (sulfide) groups is 1. The minimum absolute atomic E-state index is 0.276. The van der Waals surface area contributed by atoms with E-state index < -0.39 is 23.0 Å². The van der Waals surface area contributed by atoms with Crippen LogP contribution in [0.25, 0.3) is 0 Å². The molecule has 0 saturated carbocycles. The summed E-state index contributed by atoms with van der Waals surface area (Å²) in [6.07, 6.45) is 0. The number of rotatable bonds is 6. The average Bonchev–Trinajstić information content (AvgIpc) is 3.44. The van der Waals surface area contributed by atoms with Gasteiger partial charge in [0.2, 0.25) is 11.8 Å². The van der Waals surface area contributed by atoms with Gasteiger partial charge in [0.25, 0.3) is 5.91 Å². The zero-order valence-electron chi connectivity index (χ0n) is 20.4. The first-order valence-electron chi connectivity index (χ1n) is 12.1. The lowest BCUT2D eigenvalue weighted by molar-refractivity contribution is -0.122. The summed E-state index contributed by atoms with van der Waals surface area (Å²) in [6.45, 7) is -0.327. The predicted octanol–water partition coefficient (Wildman–Crippen LogP) is 5.56. The number of hydrogen-bond donors (Lipinski definition) is 2. The third-order valence-corrected chi connectivity index (χ3v) is 9.79. The van der Waals surface area contributed by atoms with Gasteiger partial charge in [-0.15, -0.1) is 0 Å². The Morgan fingerprint density at radius 1 is 0.950 bits per heavy atom. The first-order chi connectivity index (χ1) is 19.3. The first-order valence-corrected chi connectivity index (χ1v) is 14.6. The smallest absolute Gasteiger partial charge is 0.305 e. The number of benzene rings is 3. The molecule has 0 aliphatic carbocycles. The fourth-order valence-electron chi connectivity index (χ4n) is 4.97. The van der Waals surface area contributed by atoms with Crippen molar-refractivity contribution in [3.63, 3.8) is 0 Å². The number of aromatic nitrogens is 1. The van der Waals surface area contributed by atoms with E-state index in [4.69, 9.17) is 27.9 Å². The number of thiazole rings is 1. The number of carbonyl (C=O) groups is 3. The Labute approximate surface area is 246 Å². The number of imide groups is 1. The van der Waals surface area contributed by atoms with Crippen LogP contribution in [0.4, 0.5) is 11.4 Å². The van der Waals surface area contributed by atoms with Crippen LogP contribution in [0.1, 0.15) is 16.4 Å². The standard InChI is InChI=1S/C28H19Cl2N3O5S2/c29-17-11-10-14(12-18(17)30)31-20(34)13-38-19-9-5-4-8-16(19)21-22-24(39-25-23(21)40-28(37)32-25)27(36)33(26(22)35)15-6-2-1-3-7-15/h1-12,21-22,24H,13H2,(H,31,34)(H,32,37)/t21-,22?,24?/m1/s1. The highest BCUT2D eigenvalue weighted by molar-refractivity contribution is 8.00. The third kappa shape index (κ3) is 4.81.